The van der Waals surface area contributed by atoms with Crippen LogP contribution in [0.1, 0.15) is 18.5 Å². The molecule has 5 nitrogen and oxygen atoms in total. The lowest BCUT2D eigenvalue weighted by Crippen LogP contribution is -2.43. The molecular weight excluding hydrogens is 220 g/mol. The first kappa shape index (κ1) is 11.9. The number of allylic oxidation sites excluding steroid dienone is 1. The van der Waals surface area contributed by atoms with Crippen molar-refractivity contribution in [1.29, 1.82) is 0 Å². The molecule has 1 fully saturated rings. The van der Waals surface area contributed by atoms with Crippen LogP contribution in [0.15, 0.2) is 24.9 Å². The predicted molar refractivity (Wildman–Crippen MR) is 61.8 cm³/mol. The molecule has 1 aromatic heterocycles. The number of nitrogens with zero attached hydrogens (tertiary/aromatic N) is 2. The van der Waals surface area contributed by atoms with Crippen molar-refractivity contribution in [3.05, 3.63) is 30.6 Å². The zero-order valence-electron chi connectivity index (χ0n) is 9.63. The van der Waals surface area contributed by atoms with Crippen molar-refractivity contribution in [2.45, 2.75) is 24.8 Å². The molecule has 0 aromatic carbocycles. The topological polar surface area (TPSA) is 64.4 Å². The maximum absolute atomic E-state index is 11.6. The number of carboxylic acid groups (broad SMARTS) is 1. The van der Waals surface area contributed by atoms with Crippen molar-refractivity contribution in [3.8, 4) is 0 Å². The summed E-state index contributed by atoms with van der Waals surface area (Å²) >= 11 is 0. The van der Waals surface area contributed by atoms with Crippen molar-refractivity contribution in [2.24, 2.45) is 0 Å². The van der Waals surface area contributed by atoms with Crippen LogP contribution in [0, 0.1) is 0 Å². The summed E-state index contributed by atoms with van der Waals surface area (Å²) in [4.78, 5) is 11.6. The van der Waals surface area contributed by atoms with Gasteiger partial charge < -0.3 is 9.84 Å². The van der Waals surface area contributed by atoms with Crippen molar-refractivity contribution in [1.82, 2.24) is 9.78 Å². The summed E-state index contributed by atoms with van der Waals surface area (Å²) in [6, 6.07) is 1.78. The Morgan fingerprint density at radius 2 is 2.35 bits per heavy atom. The van der Waals surface area contributed by atoms with E-state index >= 15 is 0 Å². The van der Waals surface area contributed by atoms with Crippen molar-refractivity contribution >= 4 is 5.97 Å². The zero-order chi connectivity index (χ0) is 12.3. The molecule has 1 saturated heterocycles. The van der Waals surface area contributed by atoms with Crippen LogP contribution in [0.3, 0.4) is 0 Å². The molecule has 1 N–H and O–H groups in total. The molecular formula is C12H16N2O3. The van der Waals surface area contributed by atoms with Crippen LogP contribution in [0.2, 0.25) is 0 Å². The van der Waals surface area contributed by atoms with Gasteiger partial charge in [-0.25, -0.2) is 0 Å². The molecule has 0 unspecified atom stereocenters. The standard InChI is InChI=1S/C12H16N2O3/c1-2-7-14-10(3-6-13-14)12(11(15)16)4-8-17-9-5-12/h2-3,6H,1,4-5,7-9H2,(H,15,16). The normalized spacial score (nSPS) is 18.8. The third kappa shape index (κ3) is 1.98. The monoisotopic (exact) mass is 236 g/mol. The average Bonchev–Trinajstić information content (AvgIpc) is 2.79. The van der Waals surface area contributed by atoms with Gasteiger partial charge in [-0.2, -0.15) is 5.10 Å². The first-order valence-electron chi connectivity index (χ1n) is 5.65. The number of aromatic nitrogens is 2. The van der Waals surface area contributed by atoms with Gasteiger partial charge in [0.2, 0.25) is 0 Å². The Hall–Kier alpha value is -1.62. The molecule has 0 spiro atoms. The first-order valence-corrected chi connectivity index (χ1v) is 5.65. The maximum Gasteiger partial charge on any atom is 0.315 e. The molecule has 92 valence electrons. The second kappa shape index (κ2) is 4.71. The van der Waals surface area contributed by atoms with E-state index in [1.54, 1.807) is 23.0 Å². The van der Waals surface area contributed by atoms with Crippen molar-refractivity contribution in [3.63, 3.8) is 0 Å². The van der Waals surface area contributed by atoms with Crippen LogP contribution in [0.25, 0.3) is 0 Å². The van der Waals surface area contributed by atoms with Crippen molar-refractivity contribution in [2.75, 3.05) is 13.2 Å². The number of aliphatic carboxylic acids is 1. The van der Waals surface area contributed by atoms with E-state index in [4.69, 9.17) is 4.74 Å². The summed E-state index contributed by atoms with van der Waals surface area (Å²) in [5, 5.41) is 13.7. The van der Waals surface area contributed by atoms with Gasteiger partial charge in [0.1, 0.15) is 5.41 Å². The Morgan fingerprint density at radius 3 is 2.94 bits per heavy atom. The van der Waals surface area contributed by atoms with Gasteiger partial charge in [0.05, 0.1) is 12.2 Å². The highest BCUT2D eigenvalue weighted by Gasteiger charge is 2.44. The number of carbonyl (C=O) groups is 1. The highest BCUT2D eigenvalue weighted by Crippen LogP contribution is 2.35. The van der Waals surface area contributed by atoms with E-state index in [2.05, 4.69) is 11.7 Å². The third-order valence-electron chi connectivity index (χ3n) is 3.26. The van der Waals surface area contributed by atoms with Crippen LogP contribution in [-0.2, 0) is 21.5 Å². The molecule has 0 bridgehead atoms. The molecule has 0 aliphatic carbocycles. The predicted octanol–water partition coefficient (Wildman–Crippen LogP) is 1.20. The highest BCUT2D eigenvalue weighted by molar-refractivity contribution is 5.81. The van der Waals surface area contributed by atoms with Crippen LogP contribution in [0.5, 0.6) is 0 Å². The molecule has 0 radical (unpaired) electrons. The van der Waals surface area contributed by atoms with Crippen LogP contribution in [0.4, 0.5) is 0 Å². The second-order valence-electron chi connectivity index (χ2n) is 4.19. The Balaban J connectivity index is 2.41. The second-order valence-corrected chi connectivity index (χ2v) is 4.19. The van der Waals surface area contributed by atoms with Crippen LogP contribution in [-0.4, -0.2) is 34.1 Å². The van der Waals surface area contributed by atoms with E-state index in [0.717, 1.165) is 5.69 Å². The lowest BCUT2D eigenvalue weighted by atomic mass is 9.77. The van der Waals surface area contributed by atoms with Gasteiger partial charge >= 0.3 is 5.97 Å². The first-order chi connectivity index (χ1) is 8.20. The fourth-order valence-corrected chi connectivity index (χ4v) is 2.31. The fraction of sp³-hybridized carbons (Fsp3) is 0.500. The van der Waals surface area contributed by atoms with E-state index < -0.39 is 11.4 Å². The molecule has 2 rings (SSSR count). The minimum Gasteiger partial charge on any atom is -0.481 e. The fourth-order valence-electron chi connectivity index (χ4n) is 2.31. The van der Waals surface area contributed by atoms with Gasteiger partial charge in [0.15, 0.2) is 0 Å². The molecule has 17 heavy (non-hydrogen) atoms. The smallest absolute Gasteiger partial charge is 0.315 e. The third-order valence-corrected chi connectivity index (χ3v) is 3.26. The van der Waals surface area contributed by atoms with E-state index in [1.807, 2.05) is 0 Å². The SMILES string of the molecule is C=CCn1nccc1C1(C(=O)O)CCOCC1. The molecule has 0 atom stereocenters. The molecule has 2 heterocycles. The summed E-state index contributed by atoms with van der Waals surface area (Å²) < 4.78 is 6.96. The summed E-state index contributed by atoms with van der Waals surface area (Å²) in [6.07, 6.45) is 4.33. The maximum atomic E-state index is 11.6. The molecule has 1 aliphatic rings. The largest absolute Gasteiger partial charge is 0.481 e. The van der Waals surface area contributed by atoms with Crippen molar-refractivity contribution < 1.29 is 14.6 Å². The average molecular weight is 236 g/mol. The van der Waals surface area contributed by atoms with Gasteiger partial charge in [0, 0.05) is 19.4 Å². The number of carboxylic acids is 1. The lowest BCUT2D eigenvalue weighted by Gasteiger charge is -2.33. The lowest BCUT2D eigenvalue weighted by molar-refractivity contribution is -0.148. The minimum absolute atomic E-state index is 0.478. The molecule has 1 aliphatic heterocycles. The molecule has 1 aromatic rings. The van der Waals surface area contributed by atoms with E-state index in [1.165, 1.54) is 0 Å². The van der Waals surface area contributed by atoms with Gasteiger partial charge in [-0.3, -0.25) is 9.48 Å². The van der Waals surface area contributed by atoms with E-state index in [-0.39, 0.29) is 0 Å². The molecule has 0 amide bonds. The zero-order valence-corrected chi connectivity index (χ0v) is 9.63. The Labute approximate surface area is 99.7 Å². The number of rotatable bonds is 4. The van der Waals surface area contributed by atoms with Gasteiger partial charge in [-0.05, 0) is 18.9 Å². The van der Waals surface area contributed by atoms with Gasteiger partial charge in [-0.15, -0.1) is 6.58 Å². The number of ether oxygens (including phenoxy) is 1. The Bertz CT molecular complexity index is 419. The summed E-state index contributed by atoms with van der Waals surface area (Å²) in [5.41, 5.74) is -0.120. The molecule has 5 heteroatoms. The summed E-state index contributed by atoms with van der Waals surface area (Å²) in [5.74, 6) is -0.799. The quantitative estimate of drug-likeness (QED) is 0.798. The molecule has 0 saturated carbocycles. The Morgan fingerprint density at radius 1 is 1.65 bits per heavy atom. The van der Waals surface area contributed by atoms with E-state index in [9.17, 15) is 9.90 Å². The van der Waals surface area contributed by atoms with Gasteiger partial charge in [-0.1, -0.05) is 6.08 Å². The van der Waals surface area contributed by atoms with Crippen LogP contribution < -0.4 is 0 Å². The minimum atomic E-state index is -0.863. The van der Waals surface area contributed by atoms with E-state index in [0.29, 0.717) is 32.6 Å². The number of hydrogen-bond donors (Lipinski definition) is 1. The Kier molecular flexibility index (Phi) is 3.28. The van der Waals surface area contributed by atoms with Crippen LogP contribution >= 0.6 is 0 Å². The van der Waals surface area contributed by atoms with Gasteiger partial charge in [0.25, 0.3) is 0 Å². The number of hydrogen-bond acceptors (Lipinski definition) is 3. The summed E-state index contributed by atoms with van der Waals surface area (Å²) in [7, 11) is 0. The summed E-state index contributed by atoms with van der Waals surface area (Å²) in [6.45, 7) is 5.14. The highest BCUT2D eigenvalue weighted by atomic mass is 16.5.